The predicted octanol–water partition coefficient (Wildman–Crippen LogP) is 2.48. The van der Waals surface area contributed by atoms with Gasteiger partial charge in [0.25, 0.3) is 0 Å². The van der Waals surface area contributed by atoms with Crippen molar-refractivity contribution >= 4 is 11.9 Å². The molecule has 0 saturated heterocycles. The highest BCUT2D eigenvalue weighted by atomic mass is 16.6. The molecule has 84 valence electrons. The van der Waals surface area contributed by atoms with Crippen LogP contribution in [0.5, 0.6) is 0 Å². The minimum absolute atomic E-state index is 0.453. The van der Waals surface area contributed by atoms with E-state index in [-0.39, 0.29) is 0 Å². The van der Waals surface area contributed by atoms with Gasteiger partial charge in [-0.1, -0.05) is 24.3 Å². The van der Waals surface area contributed by atoms with Crippen LogP contribution in [-0.2, 0) is 14.3 Å². The molecule has 0 bridgehead atoms. The number of hydrogen-bond acceptors (Lipinski definition) is 3. The van der Waals surface area contributed by atoms with Gasteiger partial charge in [-0.25, -0.2) is 0 Å². The lowest BCUT2D eigenvalue weighted by Gasteiger charge is -2.13. The Morgan fingerprint density at radius 1 is 0.933 bits per heavy atom. The lowest BCUT2D eigenvalue weighted by Crippen LogP contribution is -2.24. The molecule has 0 aromatic heterocycles. The van der Waals surface area contributed by atoms with Crippen LogP contribution in [0.15, 0.2) is 24.3 Å². The van der Waals surface area contributed by atoms with Crippen molar-refractivity contribution in [3.05, 3.63) is 24.3 Å². The fraction of sp³-hybridized carbons (Fsp3) is 0.500. The summed E-state index contributed by atoms with van der Waals surface area (Å²) in [7, 11) is 0. The van der Waals surface area contributed by atoms with E-state index in [2.05, 4.69) is 13.2 Å². The number of esters is 2. The Labute approximate surface area is 90.8 Å². The molecule has 0 saturated carbocycles. The van der Waals surface area contributed by atoms with Crippen LogP contribution in [0, 0.1) is 11.8 Å². The highest BCUT2D eigenvalue weighted by molar-refractivity contribution is 5.89. The normalized spacial score (nSPS) is 13.9. The molecule has 0 fully saturated rings. The molecule has 0 aliphatic carbocycles. The zero-order valence-electron chi connectivity index (χ0n) is 9.79. The van der Waals surface area contributed by atoms with Crippen LogP contribution >= 0.6 is 0 Å². The van der Waals surface area contributed by atoms with Crippen molar-refractivity contribution in [1.29, 1.82) is 0 Å². The Morgan fingerprint density at radius 3 is 1.40 bits per heavy atom. The fourth-order valence-electron chi connectivity index (χ4n) is 0.678. The van der Waals surface area contributed by atoms with Gasteiger partial charge < -0.3 is 4.74 Å². The molecule has 0 heterocycles. The van der Waals surface area contributed by atoms with E-state index in [4.69, 9.17) is 4.74 Å². The number of carbonyl (C=O) groups excluding carboxylic acids is 2. The minimum atomic E-state index is -0.555. The van der Waals surface area contributed by atoms with Crippen LogP contribution in [0.3, 0.4) is 0 Å². The van der Waals surface area contributed by atoms with Crippen LogP contribution in [-0.4, -0.2) is 11.9 Å². The van der Waals surface area contributed by atoms with Gasteiger partial charge in [0.1, 0.15) is 0 Å². The standard InChI is InChI=1S/C12H18O3/c1-7(2)9(5)11(13)15-12(14)10(6)8(3)4/h9-10H,1,3H2,2,4-6H3. The maximum Gasteiger partial charge on any atom is 0.320 e. The van der Waals surface area contributed by atoms with Crippen molar-refractivity contribution in [2.75, 3.05) is 0 Å². The SMILES string of the molecule is C=C(C)C(C)C(=O)OC(=O)C(C)C(=C)C. The molecule has 0 aromatic rings. The zero-order valence-corrected chi connectivity index (χ0v) is 9.79. The molecular weight excluding hydrogens is 192 g/mol. The summed E-state index contributed by atoms with van der Waals surface area (Å²) < 4.78 is 4.70. The van der Waals surface area contributed by atoms with Crippen molar-refractivity contribution < 1.29 is 14.3 Å². The van der Waals surface area contributed by atoms with Crippen molar-refractivity contribution in [1.82, 2.24) is 0 Å². The molecule has 2 unspecified atom stereocenters. The van der Waals surface area contributed by atoms with Gasteiger partial charge >= 0.3 is 11.9 Å². The maximum atomic E-state index is 11.4. The van der Waals surface area contributed by atoms with E-state index >= 15 is 0 Å². The summed E-state index contributed by atoms with van der Waals surface area (Å²) in [6.07, 6.45) is 0. The Hall–Kier alpha value is -1.38. The number of carbonyl (C=O) groups is 2. The molecule has 2 atom stereocenters. The van der Waals surface area contributed by atoms with Crippen molar-refractivity contribution in [3.8, 4) is 0 Å². The fourth-order valence-corrected chi connectivity index (χ4v) is 0.678. The third-order valence-corrected chi connectivity index (χ3v) is 2.39. The van der Waals surface area contributed by atoms with Gasteiger partial charge in [0.15, 0.2) is 0 Å². The maximum absolute atomic E-state index is 11.4. The smallest absolute Gasteiger partial charge is 0.320 e. The van der Waals surface area contributed by atoms with E-state index < -0.39 is 23.8 Å². The van der Waals surface area contributed by atoms with E-state index in [0.717, 1.165) is 0 Å². The summed E-state index contributed by atoms with van der Waals surface area (Å²) in [6, 6.07) is 0. The van der Waals surface area contributed by atoms with Gasteiger partial charge in [0.05, 0.1) is 11.8 Å². The molecule has 0 N–H and O–H groups in total. The molecule has 0 aliphatic rings. The minimum Gasteiger partial charge on any atom is -0.392 e. The second-order valence-electron chi connectivity index (χ2n) is 3.88. The van der Waals surface area contributed by atoms with Crippen LogP contribution in [0.25, 0.3) is 0 Å². The van der Waals surface area contributed by atoms with Crippen molar-refractivity contribution in [3.63, 3.8) is 0 Å². The lowest BCUT2D eigenvalue weighted by molar-refractivity contribution is -0.163. The molecule has 0 aromatic carbocycles. The Kier molecular flexibility index (Phi) is 4.98. The Morgan fingerprint density at radius 2 is 1.20 bits per heavy atom. The largest absolute Gasteiger partial charge is 0.392 e. The summed E-state index contributed by atoms with van der Waals surface area (Å²) in [5.41, 5.74) is 1.35. The van der Waals surface area contributed by atoms with Gasteiger partial charge in [-0.15, -0.1) is 0 Å². The second kappa shape index (κ2) is 5.49. The highest BCUT2D eigenvalue weighted by Crippen LogP contribution is 2.13. The summed E-state index contributed by atoms with van der Waals surface area (Å²) in [5.74, 6) is -2.02. The average molecular weight is 210 g/mol. The van der Waals surface area contributed by atoms with Gasteiger partial charge in [-0.2, -0.15) is 0 Å². The van der Waals surface area contributed by atoms with Gasteiger partial charge in [0.2, 0.25) is 0 Å². The summed E-state index contributed by atoms with van der Waals surface area (Å²) in [5, 5.41) is 0. The van der Waals surface area contributed by atoms with E-state index in [1.807, 2.05) is 0 Å². The Bertz CT molecular complexity index is 272. The van der Waals surface area contributed by atoms with Gasteiger partial charge in [-0.05, 0) is 27.7 Å². The average Bonchev–Trinajstić information content (AvgIpc) is 2.14. The van der Waals surface area contributed by atoms with Crippen LogP contribution < -0.4 is 0 Å². The first kappa shape index (κ1) is 13.6. The molecule has 15 heavy (non-hydrogen) atoms. The summed E-state index contributed by atoms with van der Waals surface area (Å²) in [4.78, 5) is 22.8. The van der Waals surface area contributed by atoms with Crippen molar-refractivity contribution in [2.24, 2.45) is 11.8 Å². The van der Waals surface area contributed by atoms with Gasteiger partial charge in [0, 0.05) is 0 Å². The molecular formula is C12H18O3. The lowest BCUT2D eigenvalue weighted by atomic mass is 10.0. The first-order valence-electron chi connectivity index (χ1n) is 4.83. The number of rotatable bonds is 4. The van der Waals surface area contributed by atoms with Crippen LogP contribution in [0.4, 0.5) is 0 Å². The topological polar surface area (TPSA) is 43.4 Å². The first-order chi connectivity index (χ1) is 6.77. The van der Waals surface area contributed by atoms with E-state index in [9.17, 15) is 9.59 Å². The molecule has 0 aliphatic heterocycles. The third kappa shape index (κ3) is 4.11. The van der Waals surface area contributed by atoms with Gasteiger partial charge in [-0.3, -0.25) is 9.59 Å². The summed E-state index contributed by atoms with van der Waals surface area (Å²) >= 11 is 0. The predicted molar refractivity (Wildman–Crippen MR) is 59.1 cm³/mol. The highest BCUT2D eigenvalue weighted by Gasteiger charge is 2.22. The summed E-state index contributed by atoms with van der Waals surface area (Å²) in [6.45, 7) is 14.0. The Balaban J connectivity index is 4.37. The number of ether oxygens (including phenoxy) is 1. The number of hydrogen-bond donors (Lipinski definition) is 0. The molecule has 0 radical (unpaired) electrons. The molecule has 3 heteroatoms. The van der Waals surface area contributed by atoms with Crippen molar-refractivity contribution in [2.45, 2.75) is 27.7 Å². The first-order valence-corrected chi connectivity index (χ1v) is 4.83. The molecule has 3 nitrogen and oxygen atoms in total. The molecule has 0 amide bonds. The van der Waals surface area contributed by atoms with E-state index in [1.54, 1.807) is 27.7 Å². The van der Waals surface area contributed by atoms with E-state index in [0.29, 0.717) is 11.1 Å². The quantitative estimate of drug-likeness (QED) is 0.407. The third-order valence-electron chi connectivity index (χ3n) is 2.39. The monoisotopic (exact) mass is 210 g/mol. The second-order valence-corrected chi connectivity index (χ2v) is 3.88. The zero-order chi connectivity index (χ0) is 12.2. The van der Waals surface area contributed by atoms with Crippen LogP contribution in [0.1, 0.15) is 27.7 Å². The van der Waals surface area contributed by atoms with E-state index in [1.165, 1.54) is 0 Å². The molecule has 0 spiro atoms. The molecule has 0 rings (SSSR count). The van der Waals surface area contributed by atoms with Crippen LogP contribution in [0.2, 0.25) is 0 Å².